The second kappa shape index (κ2) is 3.76. The minimum atomic E-state index is -3.73. The molecule has 0 spiro atoms. The summed E-state index contributed by atoms with van der Waals surface area (Å²) in [6.07, 6.45) is 1.53. The second-order valence-electron chi connectivity index (χ2n) is 5.06. The molecule has 1 heterocycles. The highest BCUT2D eigenvalue weighted by molar-refractivity contribution is 7.89. The summed E-state index contributed by atoms with van der Waals surface area (Å²) in [4.78, 5) is 3.85. The Labute approximate surface area is 101 Å². The number of rotatable bonds is 3. The van der Waals surface area contributed by atoms with Crippen LogP contribution in [0.5, 0.6) is 0 Å². The Morgan fingerprint density at radius 3 is 2.47 bits per heavy atom. The van der Waals surface area contributed by atoms with Crippen molar-refractivity contribution in [3.8, 4) is 0 Å². The fourth-order valence-electron chi connectivity index (χ4n) is 2.49. The molecule has 0 aromatic carbocycles. The largest absolute Gasteiger partial charge is 0.396 e. The molecule has 0 saturated heterocycles. The lowest BCUT2D eigenvalue weighted by atomic mass is 10.1. The van der Waals surface area contributed by atoms with Gasteiger partial charge in [-0.2, -0.15) is 0 Å². The van der Waals surface area contributed by atoms with E-state index in [0.717, 1.165) is 5.56 Å². The van der Waals surface area contributed by atoms with Gasteiger partial charge in [-0.1, -0.05) is 19.9 Å². The molecule has 1 aromatic rings. The van der Waals surface area contributed by atoms with E-state index < -0.39 is 10.0 Å². The number of aliphatic hydroxyl groups excluding tert-OH is 1. The first kappa shape index (κ1) is 12.5. The van der Waals surface area contributed by atoms with Crippen LogP contribution in [0, 0.1) is 11.3 Å². The zero-order chi connectivity index (χ0) is 12.8. The summed E-state index contributed by atoms with van der Waals surface area (Å²) in [5, 5.41) is 14.1. The maximum Gasteiger partial charge on any atom is 0.255 e. The summed E-state index contributed by atoms with van der Waals surface area (Å²) in [7, 11) is -3.73. The van der Waals surface area contributed by atoms with E-state index >= 15 is 0 Å². The third-order valence-corrected chi connectivity index (χ3v) is 4.48. The molecule has 6 heteroatoms. The van der Waals surface area contributed by atoms with Crippen LogP contribution in [-0.2, 0) is 10.0 Å². The van der Waals surface area contributed by atoms with Crippen molar-refractivity contribution in [2.24, 2.45) is 16.5 Å². The number of pyridine rings is 1. The molecule has 17 heavy (non-hydrogen) atoms. The molecule has 2 unspecified atom stereocenters. The number of sulfonamides is 1. The average molecular weight is 256 g/mol. The van der Waals surface area contributed by atoms with Crippen molar-refractivity contribution >= 4 is 10.0 Å². The monoisotopic (exact) mass is 256 g/mol. The summed E-state index contributed by atoms with van der Waals surface area (Å²) >= 11 is 0. The van der Waals surface area contributed by atoms with Gasteiger partial charge in [0, 0.05) is 12.8 Å². The van der Waals surface area contributed by atoms with Gasteiger partial charge >= 0.3 is 0 Å². The zero-order valence-corrected chi connectivity index (χ0v) is 10.6. The van der Waals surface area contributed by atoms with Crippen LogP contribution in [0.4, 0.5) is 0 Å². The van der Waals surface area contributed by atoms with Gasteiger partial charge in [-0.15, -0.1) is 0 Å². The van der Waals surface area contributed by atoms with Crippen molar-refractivity contribution in [2.75, 3.05) is 6.61 Å². The maximum absolute atomic E-state index is 11.1. The van der Waals surface area contributed by atoms with E-state index in [2.05, 4.69) is 18.8 Å². The van der Waals surface area contributed by atoms with E-state index in [1.807, 2.05) is 0 Å². The highest BCUT2D eigenvalue weighted by Gasteiger charge is 2.57. The standard InChI is InChI=1S/C11H16N2O3S/c1-11(2)8(6-14)10(11)7-3-4-9(13-5-7)17(12,15)16/h3-5,8,10,14H,6H2,1-2H3,(H2,12,15,16). The molecular weight excluding hydrogens is 240 g/mol. The van der Waals surface area contributed by atoms with Crippen molar-refractivity contribution in [3.63, 3.8) is 0 Å². The molecule has 5 nitrogen and oxygen atoms in total. The molecule has 2 rings (SSSR count). The van der Waals surface area contributed by atoms with E-state index in [1.165, 1.54) is 12.3 Å². The lowest BCUT2D eigenvalue weighted by molar-refractivity contribution is 0.256. The zero-order valence-electron chi connectivity index (χ0n) is 9.79. The Morgan fingerprint density at radius 2 is 2.12 bits per heavy atom. The molecule has 1 fully saturated rings. The van der Waals surface area contributed by atoms with Crippen molar-refractivity contribution < 1.29 is 13.5 Å². The SMILES string of the molecule is CC1(C)C(CO)C1c1ccc(S(N)(=O)=O)nc1. The van der Waals surface area contributed by atoms with Gasteiger partial charge in [0.1, 0.15) is 0 Å². The summed E-state index contributed by atoms with van der Waals surface area (Å²) in [6.45, 7) is 4.28. The Bertz CT molecular complexity index is 522. The predicted molar refractivity (Wildman–Crippen MR) is 62.7 cm³/mol. The van der Waals surface area contributed by atoms with Crippen LogP contribution in [-0.4, -0.2) is 25.1 Å². The highest BCUT2D eigenvalue weighted by Crippen LogP contribution is 2.63. The van der Waals surface area contributed by atoms with Crippen molar-refractivity contribution in [3.05, 3.63) is 23.9 Å². The minimum Gasteiger partial charge on any atom is -0.396 e. The van der Waals surface area contributed by atoms with Crippen LogP contribution < -0.4 is 5.14 Å². The molecule has 0 bridgehead atoms. The van der Waals surface area contributed by atoms with Gasteiger partial charge in [0.2, 0.25) is 0 Å². The number of hydrogen-bond donors (Lipinski definition) is 2. The first-order valence-electron chi connectivity index (χ1n) is 5.38. The van der Waals surface area contributed by atoms with Crippen molar-refractivity contribution in [1.82, 2.24) is 4.98 Å². The number of aliphatic hydroxyl groups is 1. The maximum atomic E-state index is 11.1. The summed E-state index contributed by atoms with van der Waals surface area (Å²) in [5.74, 6) is 0.444. The molecule has 1 saturated carbocycles. The number of primary sulfonamides is 1. The van der Waals surface area contributed by atoms with Crippen LogP contribution in [0.1, 0.15) is 25.3 Å². The molecule has 0 aliphatic heterocycles. The van der Waals surface area contributed by atoms with E-state index in [9.17, 15) is 13.5 Å². The highest BCUT2D eigenvalue weighted by atomic mass is 32.2. The summed E-state index contributed by atoms with van der Waals surface area (Å²) < 4.78 is 22.1. The number of hydrogen-bond acceptors (Lipinski definition) is 4. The second-order valence-corrected chi connectivity index (χ2v) is 6.57. The number of aromatic nitrogens is 1. The minimum absolute atomic E-state index is 0.0412. The van der Waals surface area contributed by atoms with Gasteiger partial charge in [0.05, 0.1) is 0 Å². The van der Waals surface area contributed by atoms with E-state index in [-0.39, 0.29) is 28.9 Å². The average Bonchev–Trinajstić information content (AvgIpc) is 2.79. The van der Waals surface area contributed by atoms with Gasteiger partial charge in [-0.05, 0) is 28.9 Å². The molecule has 0 amide bonds. The fraction of sp³-hybridized carbons (Fsp3) is 0.545. The van der Waals surface area contributed by atoms with Crippen LogP contribution in [0.2, 0.25) is 0 Å². The van der Waals surface area contributed by atoms with Gasteiger partial charge in [0.25, 0.3) is 10.0 Å². The lowest BCUT2D eigenvalue weighted by Gasteiger charge is -2.03. The molecule has 2 atom stereocenters. The fourth-order valence-corrected chi connectivity index (χ4v) is 2.95. The van der Waals surface area contributed by atoms with Crippen molar-refractivity contribution in [2.45, 2.75) is 24.8 Å². The van der Waals surface area contributed by atoms with E-state index in [4.69, 9.17) is 5.14 Å². The van der Waals surface area contributed by atoms with Gasteiger partial charge in [-0.25, -0.2) is 18.5 Å². The number of nitrogens with two attached hydrogens (primary N) is 1. The van der Waals surface area contributed by atoms with Crippen LogP contribution in [0.25, 0.3) is 0 Å². The van der Waals surface area contributed by atoms with Crippen LogP contribution in [0.3, 0.4) is 0 Å². The molecule has 1 aliphatic rings. The Balaban J connectivity index is 2.27. The third kappa shape index (κ3) is 2.08. The quantitative estimate of drug-likeness (QED) is 0.821. The van der Waals surface area contributed by atoms with E-state index in [1.54, 1.807) is 6.07 Å². The predicted octanol–water partition coefficient (Wildman–Crippen LogP) is 0.461. The first-order chi connectivity index (χ1) is 7.78. The van der Waals surface area contributed by atoms with Crippen LogP contribution >= 0.6 is 0 Å². The lowest BCUT2D eigenvalue weighted by Crippen LogP contribution is -2.13. The Morgan fingerprint density at radius 1 is 1.47 bits per heavy atom. The Kier molecular flexibility index (Phi) is 2.76. The van der Waals surface area contributed by atoms with Gasteiger partial charge in [0.15, 0.2) is 5.03 Å². The summed E-state index contributed by atoms with van der Waals surface area (Å²) in [5.41, 5.74) is 0.987. The van der Waals surface area contributed by atoms with E-state index in [0.29, 0.717) is 0 Å². The molecule has 94 valence electrons. The molecule has 1 aliphatic carbocycles. The van der Waals surface area contributed by atoms with Crippen molar-refractivity contribution in [1.29, 1.82) is 0 Å². The molecular formula is C11H16N2O3S. The summed E-state index contributed by atoms with van der Waals surface area (Å²) in [6, 6.07) is 3.13. The molecule has 1 aromatic heterocycles. The molecule has 0 radical (unpaired) electrons. The normalized spacial score (nSPS) is 26.8. The smallest absolute Gasteiger partial charge is 0.255 e. The van der Waals surface area contributed by atoms with Crippen LogP contribution in [0.15, 0.2) is 23.4 Å². The molecule has 3 N–H and O–H groups in total. The van der Waals surface area contributed by atoms with Gasteiger partial charge < -0.3 is 5.11 Å². The third-order valence-electron chi connectivity index (χ3n) is 3.66. The topological polar surface area (TPSA) is 93.3 Å². The first-order valence-corrected chi connectivity index (χ1v) is 6.92. The van der Waals surface area contributed by atoms with Gasteiger partial charge in [-0.3, -0.25) is 0 Å². The number of nitrogens with zero attached hydrogens (tertiary/aromatic N) is 1. The Hall–Kier alpha value is -0.980.